The lowest BCUT2D eigenvalue weighted by Gasteiger charge is -2.26. The van der Waals surface area contributed by atoms with Gasteiger partial charge in [0.15, 0.2) is 0 Å². The number of hydrogen-bond acceptors (Lipinski definition) is 4. The topological polar surface area (TPSA) is 87.1 Å². The summed E-state index contributed by atoms with van der Waals surface area (Å²) in [6.07, 6.45) is 4.08. The molecule has 1 aromatic rings. The van der Waals surface area contributed by atoms with E-state index in [0.717, 1.165) is 23.4 Å². The Labute approximate surface area is 137 Å². The van der Waals surface area contributed by atoms with E-state index in [1.807, 2.05) is 24.3 Å². The smallest absolute Gasteiger partial charge is 0.414 e. The molecule has 1 aliphatic rings. The minimum Gasteiger partial charge on any atom is -0.492 e. The zero-order chi connectivity index (χ0) is 16.4. The zero-order valence-electron chi connectivity index (χ0n) is 12.2. The van der Waals surface area contributed by atoms with Crippen LogP contribution in [0.2, 0.25) is 0 Å². The molecule has 0 spiro atoms. The summed E-state index contributed by atoms with van der Waals surface area (Å²) >= 11 is 3.44. The van der Waals surface area contributed by atoms with Crippen molar-refractivity contribution in [3.63, 3.8) is 0 Å². The fourth-order valence-electron chi connectivity index (χ4n) is 2.03. The maximum Gasteiger partial charge on any atom is 0.414 e. The molecule has 122 valence electrons. The summed E-state index contributed by atoms with van der Waals surface area (Å²) in [6.45, 7) is 4.31. The van der Waals surface area contributed by atoms with E-state index in [-0.39, 0.29) is 0 Å². The van der Waals surface area contributed by atoms with Gasteiger partial charge >= 0.3 is 11.9 Å². The van der Waals surface area contributed by atoms with Crippen molar-refractivity contribution in [3.8, 4) is 5.75 Å². The van der Waals surface area contributed by atoms with Crippen LogP contribution in [-0.4, -0.2) is 53.3 Å². The Bertz CT molecular complexity index is 477. The van der Waals surface area contributed by atoms with Crippen LogP contribution in [0.15, 0.2) is 28.7 Å². The van der Waals surface area contributed by atoms with Crippen LogP contribution in [0.25, 0.3) is 0 Å². The summed E-state index contributed by atoms with van der Waals surface area (Å²) in [6, 6.07) is 8.02. The first kappa shape index (κ1) is 18.4. The molecule has 1 aromatic carbocycles. The first-order chi connectivity index (χ1) is 10.5. The second-order valence-corrected chi connectivity index (χ2v) is 5.73. The fourth-order valence-corrected chi connectivity index (χ4v) is 2.41. The van der Waals surface area contributed by atoms with Gasteiger partial charge in [-0.05, 0) is 44.1 Å². The summed E-state index contributed by atoms with van der Waals surface area (Å²) in [5, 5.41) is 14.8. The van der Waals surface area contributed by atoms with Crippen LogP contribution in [0, 0.1) is 0 Å². The SMILES string of the molecule is Brc1cccc(OCCN2CCCCC2)c1.O=C(O)C(=O)O. The van der Waals surface area contributed by atoms with Crippen molar-refractivity contribution in [1.29, 1.82) is 0 Å². The Balaban J connectivity index is 0.000000346. The summed E-state index contributed by atoms with van der Waals surface area (Å²) < 4.78 is 6.79. The predicted octanol–water partition coefficient (Wildman–Crippen LogP) is 2.47. The number of carboxylic acid groups (broad SMARTS) is 2. The number of piperidine rings is 1. The highest BCUT2D eigenvalue weighted by atomic mass is 79.9. The molecule has 0 aromatic heterocycles. The van der Waals surface area contributed by atoms with Gasteiger partial charge in [0.05, 0.1) is 0 Å². The normalized spacial score (nSPS) is 14.6. The number of carbonyl (C=O) groups is 2. The third-order valence-electron chi connectivity index (χ3n) is 3.10. The van der Waals surface area contributed by atoms with Crippen LogP contribution >= 0.6 is 15.9 Å². The van der Waals surface area contributed by atoms with E-state index in [9.17, 15) is 0 Å². The van der Waals surface area contributed by atoms with Crippen LogP contribution in [0.4, 0.5) is 0 Å². The number of aliphatic carboxylic acids is 2. The van der Waals surface area contributed by atoms with Crippen molar-refractivity contribution in [2.24, 2.45) is 0 Å². The minimum atomic E-state index is -1.82. The molecule has 2 N–H and O–H groups in total. The van der Waals surface area contributed by atoms with E-state index >= 15 is 0 Å². The molecule has 0 atom stereocenters. The van der Waals surface area contributed by atoms with Crippen LogP contribution < -0.4 is 4.74 Å². The lowest BCUT2D eigenvalue weighted by atomic mass is 10.1. The number of hydrogen-bond donors (Lipinski definition) is 2. The number of halogens is 1. The van der Waals surface area contributed by atoms with Crippen molar-refractivity contribution < 1.29 is 24.5 Å². The standard InChI is InChI=1S/C13H18BrNO.C2H2O4/c14-12-5-4-6-13(11-12)16-10-9-15-7-2-1-3-8-15;3-1(4)2(5)6/h4-6,11H,1-3,7-10H2;(H,3,4)(H,5,6). The third-order valence-corrected chi connectivity index (χ3v) is 3.60. The van der Waals surface area contributed by atoms with Gasteiger partial charge in [0.1, 0.15) is 12.4 Å². The van der Waals surface area contributed by atoms with Gasteiger partial charge < -0.3 is 14.9 Å². The first-order valence-electron chi connectivity index (χ1n) is 7.06. The average molecular weight is 374 g/mol. The Morgan fingerprint density at radius 2 is 1.77 bits per heavy atom. The first-order valence-corrected chi connectivity index (χ1v) is 7.85. The van der Waals surface area contributed by atoms with Crippen LogP contribution in [-0.2, 0) is 9.59 Å². The quantitative estimate of drug-likeness (QED) is 0.788. The highest BCUT2D eigenvalue weighted by molar-refractivity contribution is 9.10. The monoisotopic (exact) mass is 373 g/mol. The molecule has 1 heterocycles. The van der Waals surface area contributed by atoms with E-state index in [2.05, 4.69) is 20.8 Å². The molecule has 7 heteroatoms. The summed E-state index contributed by atoms with van der Waals surface area (Å²) in [5.41, 5.74) is 0. The Morgan fingerprint density at radius 1 is 1.14 bits per heavy atom. The van der Waals surface area contributed by atoms with Crippen molar-refractivity contribution in [3.05, 3.63) is 28.7 Å². The van der Waals surface area contributed by atoms with E-state index in [1.54, 1.807) is 0 Å². The highest BCUT2D eigenvalue weighted by Gasteiger charge is 2.09. The fraction of sp³-hybridized carbons (Fsp3) is 0.467. The van der Waals surface area contributed by atoms with Gasteiger partial charge in [-0.1, -0.05) is 28.4 Å². The van der Waals surface area contributed by atoms with Gasteiger partial charge in [-0.3, -0.25) is 4.90 Å². The number of carboxylic acids is 2. The number of benzene rings is 1. The summed E-state index contributed by atoms with van der Waals surface area (Å²) in [4.78, 5) is 20.7. The van der Waals surface area contributed by atoms with E-state index in [4.69, 9.17) is 24.5 Å². The number of likely N-dealkylation sites (tertiary alicyclic amines) is 1. The molecule has 1 aliphatic heterocycles. The van der Waals surface area contributed by atoms with Gasteiger partial charge in [-0.2, -0.15) is 0 Å². The largest absolute Gasteiger partial charge is 0.492 e. The van der Waals surface area contributed by atoms with Crippen molar-refractivity contribution in [2.45, 2.75) is 19.3 Å². The predicted molar refractivity (Wildman–Crippen MR) is 85.2 cm³/mol. The van der Waals surface area contributed by atoms with E-state index in [1.165, 1.54) is 32.4 Å². The number of rotatable bonds is 4. The van der Waals surface area contributed by atoms with Gasteiger partial charge in [0.2, 0.25) is 0 Å². The van der Waals surface area contributed by atoms with Gasteiger partial charge in [0, 0.05) is 11.0 Å². The molecular weight excluding hydrogens is 354 g/mol. The zero-order valence-corrected chi connectivity index (χ0v) is 13.8. The Hall–Kier alpha value is -1.60. The lowest BCUT2D eigenvalue weighted by molar-refractivity contribution is -0.159. The molecule has 0 unspecified atom stereocenters. The molecule has 1 fully saturated rings. The van der Waals surface area contributed by atoms with Crippen LogP contribution in [0.1, 0.15) is 19.3 Å². The van der Waals surface area contributed by atoms with Gasteiger partial charge in [-0.15, -0.1) is 0 Å². The molecule has 0 bridgehead atoms. The van der Waals surface area contributed by atoms with Crippen LogP contribution in [0.5, 0.6) is 5.75 Å². The highest BCUT2D eigenvalue weighted by Crippen LogP contribution is 2.17. The summed E-state index contributed by atoms with van der Waals surface area (Å²) in [5.74, 6) is -2.70. The van der Waals surface area contributed by atoms with E-state index in [0.29, 0.717) is 0 Å². The van der Waals surface area contributed by atoms with Crippen LogP contribution in [0.3, 0.4) is 0 Å². The maximum absolute atomic E-state index is 9.10. The van der Waals surface area contributed by atoms with Gasteiger partial charge in [0.25, 0.3) is 0 Å². The third kappa shape index (κ3) is 7.99. The second-order valence-electron chi connectivity index (χ2n) is 4.82. The molecule has 2 rings (SSSR count). The Morgan fingerprint density at radius 3 is 2.32 bits per heavy atom. The average Bonchev–Trinajstić information content (AvgIpc) is 2.49. The molecule has 0 aliphatic carbocycles. The number of nitrogens with zero attached hydrogens (tertiary/aromatic N) is 1. The lowest BCUT2D eigenvalue weighted by Crippen LogP contribution is -2.33. The maximum atomic E-state index is 9.10. The Kier molecular flexibility index (Phi) is 8.54. The molecule has 0 amide bonds. The molecule has 0 radical (unpaired) electrons. The van der Waals surface area contributed by atoms with Crippen molar-refractivity contribution in [1.82, 2.24) is 4.90 Å². The van der Waals surface area contributed by atoms with Crippen molar-refractivity contribution in [2.75, 3.05) is 26.2 Å². The molecule has 6 nitrogen and oxygen atoms in total. The molecule has 0 saturated carbocycles. The molecule has 1 saturated heterocycles. The molecule has 22 heavy (non-hydrogen) atoms. The van der Waals surface area contributed by atoms with Gasteiger partial charge in [-0.25, -0.2) is 9.59 Å². The second kappa shape index (κ2) is 10.2. The number of ether oxygens (including phenoxy) is 1. The van der Waals surface area contributed by atoms with Crippen molar-refractivity contribution >= 4 is 27.9 Å². The van der Waals surface area contributed by atoms with E-state index < -0.39 is 11.9 Å². The molecular formula is C15H20BrNO5. The summed E-state index contributed by atoms with van der Waals surface area (Å²) in [7, 11) is 0. The minimum absolute atomic E-state index is 0.788.